The molecule has 0 unspecified atom stereocenters. The van der Waals surface area contributed by atoms with Gasteiger partial charge in [0.1, 0.15) is 12.1 Å². The maximum Gasteiger partial charge on any atom is 0.228 e. The van der Waals surface area contributed by atoms with E-state index in [1.165, 1.54) is 0 Å². The number of aromatic nitrogens is 4. The second-order valence-corrected chi connectivity index (χ2v) is 9.78. The Morgan fingerprint density at radius 2 is 1.82 bits per heavy atom. The van der Waals surface area contributed by atoms with Gasteiger partial charge in [0.15, 0.2) is 17.3 Å². The molecule has 0 fully saturated rings. The average molecular weight is 457 g/mol. The third kappa shape index (κ3) is 3.25. The lowest BCUT2D eigenvalue weighted by atomic mass is 9.70. The van der Waals surface area contributed by atoms with Crippen LogP contribution in [-0.2, 0) is 4.79 Å². The summed E-state index contributed by atoms with van der Waals surface area (Å²) in [7, 11) is 0. The molecule has 0 bridgehead atoms. The van der Waals surface area contributed by atoms with Crippen molar-refractivity contribution in [1.29, 1.82) is 0 Å². The Labute approximate surface area is 195 Å². The summed E-state index contributed by atoms with van der Waals surface area (Å²) in [6, 6.07) is 17.5. The van der Waals surface area contributed by atoms with E-state index >= 15 is 0 Å². The number of nitrogens with zero attached hydrogens (tertiary/aromatic N) is 4. The van der Waals surface area contributed by atoms with E-state index in [1.54, 1.807) is 10.8 Å². The largest absolute Gasteiger partial charge is 0.442 e. The summed E-state index contributed by atoms with van der Waals surface area (Å²) in [4.78, 5) is 22.8. The molecule has 1 aliphatic heterocycles. The second-order valence-electron chi connectivity index (χ2n) is 9.37. The Bertz CT molecular complexity index is 1460. The second kappa shape index (κ2) is 7.25. The number of hydrogen-bond donors (Lipinski definition) is 0. The first-order valence-electron chi connectivity index (χ1n) is 10.9. The molecular weight excluding hydrogens is 436 g/mol. The van der Waals surface area contributed by atoms with E-state index in [0.717, 1.165) is 16.7 Å². The van der Waals surface area contributed by atoms with Crippen LogP contribution in [0.5, 0.6) is 5.88 Å². The van der Waals surface area contributed by atoms with Gasteiger partial charge in [0.2, 0.25) is 5.88 Å². The van der Waals surface area contributed by atoms with Crippen molar-refractivity contribution in [3.05, 3.63) is 88.4 Å². The van der Waals surface area contributed by atoms with Gasteiger partial charge in [-0.05, 0) is 23.1 Å². The Morgan fingerprint density at radius 1 is 1.06 bits per heavy atom. The highest BCUT2D eigenvalue weighted by atomic mass is 35.5. The highest BCUT2D eigenvalue weighted by Gasteiger charge is 2.43. The first-order valence-corrected chi connectivity index (χ1v) is 11.3. The van der Waals surface area contributed by atoms with Gasteiger partial charge in [-0.25, -0.2) is 14.5 Å². The molecule has 4 aromatic rings. The van der Waals surface area contributed by atoms with Crippen molar-refractivity contribution in [2.24, 2.45) is 5.41 Å². The lowest BCUT2D eigenvalue weighted by Crippen LogP contribution is -2.33. The zero-order chi connectivity index (χ0) is 22.7. The number of ether oxygens (including phenoxy) is 1. The molecule has 33 heavy (non-hydrogen) atoms. The molecule has 6 rings (SSSR count). The highest BCUT2D eigenvalue weighted by molar-refractivity contribution is 6.33. The molecule has 2 aliphatic rings. The van der Waals surface area contributed by atoms with Crippen molar-refractivity contribution in [1.82, 2.24) is 19.6 Å². The fourth-order valence-electron chi connectivity index (χ4n) is 4.88. The summed E-state index contributed by atoms with van der Waals surface area (Å²) in [5, 5.41) is 5.20. The molecule has 0 N–H and O–H groups in total. The first-order chi connectivity index (χ1) is 15.9. The summed E-state index contributed by atoms with van der Waals surface area (Å²) in [5.41, 5.74) is 3.63. The molecule has 0 saturated carbocycles. The zero-order valence-electron chi connectivity index (χ0n) is 18.2. The number of Topliss-reactive ketones (excluding diaryl/α,β-unsaturated/α-hetero) is 1. The molecule has 1 atom stereocenters. The van der Waals surface area contributed by atoms with Gasteiger partial charge in [-0.3, -0.25) is 4.79 Å². The highest BCUT2D eigenvalue weighted by Crippen LogP contribution is 2.50. The van der Waals surface area contributed by atoms with Crippen molar-refractivity contribution < 1.29 is 9.53 Å². The van der Waals surface area contributed by atoms with Crippen LogP contribution in [0.3, 0.4) is 0 Å². The van der Waals surface area contributed by atoms with Gasteiger partial charge in [0, 0.05) is 29.9 Å². The number of benzene rings is 2. The normalized spacial score (nSPS) is 19.2. The summed E-state index contributed by atoms with van der Waals surface area (Å²) < 4.78 is 7.92. The van der Waals surface area contributed by atoms with Gasteiger partial charge in [0.25, 0.3) is 0 Å². The molecule has 0 radical (unpaired) electrons. The quantitative estimate of drug-likeness (QED) is 0.392. The Balaban J connectivity index is 1.61. The van der Waals surface area contributed by atoms with Crippen molar-refractivity contribution in [3.8, 4) is 17.3 Å². The molecule has 0 saturated heterocycles. The lowest BCUT2D eigenvalue weighted by Gasteiger charge is -2.37. The first kappa shape index (κ1) is 20.1. The van der Waals surface area contributed by atoms with Crippen LogP contribution in [-0.4, -0.2) is 25.4 Å². The number of carbonyl (C=O) groups excluding carboxylic acids is 1. The molecule has 7 heteroatoms. The van der Waals surface area contributed by atoms with Crippen molar-refractivity contribution in [3.63, 3.8) is 0 Å². The predicted molar refractivity (Wildman–Crippen MR) is 125 cm³/mol. The van der Waals surface area contributed by atoms with Crippen LogP contribution in [0.2, 0.25) is 5.02 Å². The number of halogens is 1. The number of allylic oxidation sites excluding steroid dienone is 2. The molecule has 0 spiro atoms. The maximum atomic E-state index is 13.4. The predicted octanol–water partition coefficient (Wildman–Crippen LogP) is 5.61. The van der Waals surface area contributed by atoms with E-state index in [0.29, 0.717) is 46.5 Å². The van der Waals surface area contributed by atoms with Gasteiger partial charge < -0.3 is 4.74 Å². The van der Waals surface area contributed by atoms with E-state index < -0.39 is 0 Å². The van der Waals surface area contributed by atoms with E-state index in [-0.39, 0.29) is 17.1 Å². The lowest BCUT2D eigenvalue weighted by molar-refractivity contribution is -0.118. The van der Waals surface area contributed by atoms with Gasteiger partial charge in [-0.2, -0.15) is 0 Å². The maximum absolute atomic E-state index is 13.4. The zero-order valence-corrected chi connectivity index (χ0v) is 19.0. The molecule has 1 aliphatic carbocycles. The third-order valence-electron chi connectivity index (χ3n) is 6.31. The molecule has 3 heterocycles. The van der Waals surface area contributed by atoms with Crippen LogP contribution in [0.15, 0.2) is 72.3 Å². The smallest absolute Gasteiger partial charge is 0.228 e. The number of fused-ring (bicyclic) bond motifs is 3. The average Bonchev–Trinajstić information content (AvgIpc) is 3.22. The van der Waals surface area contributed by atoms with Gasteiger partial charge in [0.05, 0.1) is 10.6 Å². The number of ketones is 1. The minimum atomic E-state index is -0.326. The summed E-state index contributed by atoms with van der Waals surface area (Å²) in [5.74, 6) is 1.46. The van der Waals surface area contributed by atoms with Gasteiger partial charge in [-0.1, -0.05) is 67.9 Å². The molecule has 6 nitrogen and oxygen atoms in total. The topological polar surface area (TPSA) is 69.4 Å². The van der Waals surface area contributed by atoms with Crippen LogP contribution >= 0.6 is 11.6 Å². The van der Waals surface area contributed by atoms with Crippen LogP contribution in [0, 0.1) is 5.41 Å². The Hall–Kier alpha value is -3.51. The van der Waals surface area contributed by atoms with Gasteiger partial charge in [-0.15, -0.1) is 5.10 Å². The minimum absolute atomic E-state index is 0.105. The molecule has 2 aromatic carbocycles. The molecular formula is C26H21ClN4O2. The Morgan fingerprint density at radius 3 is 2.61 bits per heavy atom. The fraction of sp³-hybridized carbons (Fsp3) is 0.231. The summed E-state index contributed by atoms with van der Waals surface area (Å²) in [6.45, 7) is 4.19. The number of carbonyl (C=O) groups is 1. The van der Waals surface area contributed by atoms with E-state index in [4.69, 9.17) is 21.3 Å². The third-order valence-corrected chi connectivity index (χ3v) is 6.64. The van der Waals surface area contributed by atoms with Crippen molar-refractivity contribution >= 4 is 23.0 Å². The van der Waals surface area contributed by atoms with Crippen molar-refractivity contribution in [2.75, 3.05) is 0 Å². The summed E-state index contributed by atoms with van der Waals surface area (Å²) in [6.07, 6.45) is 2.76. The van der Waals surface area contributed by atoms with Crippen LogP contribution in [0.25, 0.3) is 17.0 Å². The van der Waals surface area contributed by atoms with E-state index in [2.05, 4.69) is 23.9 Å². The standard InChI is InChI=1S/C26H21ClN4O2/c1-26(2)12-18(32)21-19(13-26)33-25-22(20(21)15-8-4-3-5-9-15)24-29-23(30-31(24)14-28-25)16-10-6-7-11-17(16)27/h3-11,14,20H,12-13H2,1-2H3/t20-/m0/s1. The summed E-state index contributed by atoms with van der Waals surface area (Å²) >= 11 is 6.41. The van der Waals surface area contributed by atoms with E-state index in [1.807, 2.05) is 54.6 Å². The molecule has 0 amide bonds. The van der Waals surface area contributed by atoms with Crippen LogP contribution in [0.1, 0.15) is 43.7 Å². The number of hydrogen-bond acceptors (Lipinski definition) is 5. The number of rotatable bonds is 2. The Kier molecular flexibility index (Phi) is 4.42. The monoisotopic (exact) mass is 456 g/mol. The van der Waals surface area contributed by atoms with E-state index in [9.17, 15) is 4.79 Å². The minimum Gasteiger partial charge on any atom is -0.442 e. The molecule has 2 aromatic heterocycles. The fourth-order valence-corrected chi connectivity index (χ4v) is 5.10. The van der Waals surface area contributed by atoms with Crippen LogP contribution in [0.4, 0.5) is 0 Å². The van der Waals surface area contributed by atoms with Crippen molar-refractivity contribution in [2.45, 2.75) is 32.6 Å². The van der Waals surface area contributed by atoms with Gasteiger partial charge >= 0.3 is 0 Å². The van der Waals surface area contributed by atoms with Crippen LogP contribution < -0.4 is 4.74 Å². The SMILES string of the molecule is CC1(C)CC(=O)C2=C(C1)Oc1ncn3nc(-c4ccccc4Cl)nc3c1[C@H]2c1ccccc1. The molecule has 164 valence electrons.